The van der Waals surface area contributed by atoms with Gasteiger partial charge < -0.3 is 10.2 Å². The minimum absolute atomic E-state index is 0.242. The fourth-order valence-corrected chi connectivity index (χ4v) is 3.92. The lowest BCUT2D eigenvalue weighted by Crippen LogP contribution is -2.32. The molecule has 1 aliphatic heterocycles. The molecule has 0 radical (unpaired) electrons. The average molecular weight is 433 g/mol. The molecule has 1 aliphatic rings. The van der Waals surface area contributed by atoms with Crippen LogP contribution < -0.4 is 10.2 Å². The van der Waals surface area contributed by atoms with Crippen molar-refractivity contribution in [3.63, 3.8) is 0 Å². The van der Waals surface area contributed by atoms with Crippen LogP contribution in [0.15, 0.2) is 36.2 Å². The van der Waals surface area contributed by atoms with Gasteiger partial charge in [-0.25, -0.2) is 4.98 Å². The van der Waals surface area contributed by atoms with Gasteiger partial charge in [-0.3, -0.25) is 14.8 Å². The van der Waals surface area contributed by atoms with E-state index in [1.165, 1.54) is 17.5 Å². The Morgan fingerprint density at radius 1 is 1.23 bits per heavy atom. The van der Waals surface area contributed by atoms with Crippen LogP contribution in [0.1, 0.15) is 37.6 Å². The van der Waals surface area contributed by atoms with E-state index in [1.807, 2.05) is 11.8 Å². The number of nitrogens with zero attached hydrogens (tertiary/aromatic N) is 4. The number of thiazole rings is 1. The van der Waals surface area contributed by atoms with Crippen LogP contribution in [-0.4, -0.2) is 27.4 Å². The van der Waals surface area contributed by atoms with Gasteiger partial charge in [-0.15, -0.1) is 11.3 Å². The zero-order chi connectivity index (χ0) is 21.3. The number of anilines is 1. The van der Waals surface area contributed by atoms with Crippen LogP contribution in [0.25, 0.3) is 0 Å². The molecule has 4 heterocycles. The number of amides is 1. The van der Waals surface area contributed by atoms with Gasteiger partial charge in [0.15, 0.2) is 0 Å². The van der Waals surface area contributed by atoms with Crippen LogP contribution in [0.5, 0.6) is 0 Å². The largest absolute Gasteiger partial charge is 0.417 e. The van der Waals surface area contributed by atoms with E-state index in [4.69, 9.17) is 0 Å². The number of alkyl halides is 3. The first-order chi connectivity index (χ1) is 14.3. The number of nitrogens with one attached hydrogen (secondary N) is 1. The third kappa shape index (κ3) is 4.28. The molecule has 3 aromatic rings. The predicted molar refractivity (Wildman–Crippen MR) is 106 cm³/mol. The molecule has 0 aliphatic carbocycles. The van der Waals surface area contributed by atoms with E-state index < -0.39 is 11.7 Å². The fourth-order valence-electron chi connectivity index (χ4n) is 3.38. The van der Waals surface area contributed by atoms with Gasteiger partial charge in [0.05, 0.1) is 23.2 Å². The maximum absolute atomic E-state index is 13.0. The quantitative estimate of drug-likeness (QED) is 0.679. The van der Waals surface area contributed by atoms with E-state index in [0.717, 1.165) is 22.7 Å². The molecule has 3 aromatic heterocycles. The van der Waals surface area contributed by atoms with Crippen molar-refractivity contribution in [2.24, 2.45) is 0 Å². The van der Waals surface area contributed by atoms with Crippen molar-refractivity contribution < 1.29 is 18.0 Å². The Morgan fingerprint density at radius 2 is 2.07 bits per heavy atom. The second kappa shape index (κ2) is 8.02. The van der Waals surface area contributed by atoms with E-state index in [0.29, 0.717) is 42.1 Å². The lowest BCUT2D eigenvalue weighted by Gasteiger charge is -2.30. The van der Waals surface area contributed by atoms with Crippen LogP contribution in [0, 0.1) is 6.92 Å². The van der Waals surface area contributed by atoms with Crippen molar-refractivity contribution in [1.82, 2.24) is 20.3 Å². The second-order valence-corrected chi connectivity index (χ2v) is 7.98. The zero-order valence-electron chi connectivity index (χ0n) is 16.0. The van der Waals surface area contributed by atoms with Crippen molar-refractivity contribution >= 4 is 23.1 Å². The first-order valence-electron chi connectivity index (χ1n) is 9.23. The van der Waals surface area contributed by atoms with Gasteiger partial charge in [-0.05, 0) is 30.2 Å². The molecule has 6 nitrogen and oxygen atoms in total. The average Bonchev–Trinajstić information content (AvgIpc) is 3.24. The molecule has 0 atom stereocenters. The smallest absolute Gasteiger partial charge is 0.352 e. The van der Waals surface area contributed by atoms with Crippen LogP contribution in [-0.2, 0) is 25.7 Å². The zero-order valence-corrected chi connectivity index (χ0v) is 16.8. The Morgan fingerprint density at radius 3 is 2.77 bits per heavy atom. The monoisotopic (exact) mass is 433 g/mol. The Balaban J connectivity index is 1.49. The summed E-state index contributed by atoms with van der Waals surface area (Å²) >= 11 is 1.46. The van der Waals surface area contributed by atoms with E-state index in [9.17, 15) is 18.0 Å². The highest BCUT2D eigenvalue weighted by Crippen LogP contribution is 2.32. The number of fused-ring (bicyclic) bond motifs is 1. The molecule has 0 saturated carbocycles. The van der Waals surface area contributed by atoms with Crippen molar-refractivity contribution in [2.75, 3.05) is 11.4 Å². The summed E-state index contributed by atoms with van der Waals surface area (Å²) in [7, 11) is 0. The highest BCUT2D eigenvalue weighted by atomic mass is 32.1. The number of carbonyl (C=O) groups is 1. The number of rotatable bonds is 4. The van der Waals surface area contributed by atoms with E-state index >= 15 is 0 Å². The molecule has 1 amide bonds. The minimum Gasteiger partial charge on any atom is -0.352 e. The summed E-state index contributed by atoms with van der Waals surface area (Å²) < 4.78 is 39.0. The second-order valence-electron chi connectivity index (χ2n) is 7.01. The molecule has 0 fully saturated rings. The molecule has 156 valence electrons. The Labute approximate surface area is 174 Å². The number of aryl methyl sites for hydroxylation is 1. The highest BCUT2D eigenvalue weighted by molar-refractivity contribution is 7.09. The van der Waals surface area contributed by atoms with Gasteiger partial charge in [0, 0.05) is 48.7 Å². The van der Waals surface area contributed by atoms with Crippen molar-refractivity contribution in [1.29, 1.82) is 0 Å². The number of halogens is 3. The third-order valence-corrected chi connectivity index (χ3v) is 5.67. The summed E-state index contributed by atoms with van der Waals surface area (Å²) in [6.07, 6.45) is 0.186. The Kier molecular flexibility index (Phi) is 5.42. The maximum atomic E-state index is 13.0. The van der Waals surface area contributed by atoms with Gasteiger partial charge in [0.25, 0.3) is 5.91 Å². The number of hydrogen-bond acceptors (Lipinski definition) is 6. The van der Waals surface area contributed by atoms with Crippen LogP contribution in [0.2, 0.25) is 0 Å². The predicted octanol–water partition coefficient (Wildman–Crippen LogP) is 3.75. The Hall–Kier alpha value is -3.01. The molecule has 0 saturated heterocycles. The van der Waals surface area contributed by atoms with Gasteiger partial charge in [-0.2, -0.15) is 13.2 Å². The SMILES string of the molecule is Cc1cc(C(=O)NCc2cncs2)cnc1N1CCc2ncc(C(F)(F)F)cc2C1. The van der Waals surface area contributed by atoms with Crippen molar-refractivity contribution in [3.8, 4) is 0 Å². The molecule has 0 bridgehead atoms. The summed E-state index contributed by atoms with van der Waals surface area (Å²) in [6.45, 7) is 3.11. The molecule has 0 aromatic carbocycles. The van der Waals surface area contributed by atoms with Gasteiger partial charge >= 0.3 is 6.18 Å². The molecule has 0 spiro atoms. The van der Waals surface area contributed by atoms with Gasteiger partial charge in [-0.1, -0.05) is 0 Å². The lowest BCUT2D eigenvalue weighted by molar-refractivity contribution is -0.137. The molecule has 10 heteroatoms. The summed E-state index contributed by atoms with van der Waals surface area (Å²) in [4.78, 5) is 27.6. The molecule has 0 unspecified atom stereocenters. The number of pyridine rings is 2. The summed E-state index contributed by atoms with van der Waals surface area (Å²) in [5.74, 6) is 0.408. The van der Waals surface area contributed by atoms with Crippen molar-refractivity contribution in [2.45, 2.75) is 32.6 Å². The molecule has 30 heavy (non-hydrogen) atoms. The third-order valence-electron chi connectivity index (χ3n) is 4.89. The minimum atomic E-state index is -4.42. The topological polar surface area (TPSA) is 71.0 Å². The van der Waals surface area contributed by atoms with Crippen LogP contribution >= 0.6 is 11.3 Å². The standard InChI is InChI=1S/C20H18F3N5OS/c1-12-4-13(19(29)27-9-16-8-24-11-30-16)6-26-18(12)28-3-2-17-14(10-28)5-15(7-25-17)20(21,22)23/h4-8,11H,2-3,9-10H2,1H3,(H,27,29). The summed E-state index contributed by atoms with van der Waals surface area (Å²) in [5.41, 5.74) is 3.38. The van der Waals surface area contributed by atoms with E-state index in [-0.39, 0.29) is 12.5 Å². The van der Waals surface area contributed by atoms with Crippen molar-refractivity contribution in [3.05, 3.63) is 69.1 Å². The van der Waals surface area contributed by atoms with E-state index in [1.54, 1.807) is 17.8 Å². The van der Waals surface area contributed by atoms with E-state index in [2.05, 4.69) is 20.3 Å². The van der Waals surface area contributed by atoms with Crippen LogP contribution in [0.3, 0.4) is 0 Å². The van der Waals surface area contributed by atoms with Gasteiger partial charge in [0.1, 0.15) is 5.82 Å². The number of carbonyl (C=O) groups excluding carboxylic acids is 1. The molecule has 1 N–H and O–H groups in total. The number of hydrogen-bond donors (Lipinski definition) is 1. The number of aromatic nitrogens is 3. The summed E-state index contributed by atoms with van der Waals surface area (Å²) in [6, 6.07) is 2.90. The molecular formula is C20H18F3N5OS. The highest BCUT2D eigenvalue weighted by Gasteiger charge is 2.32. The first-order valence-corrected chi connectivity index (χ1v) is 10.1. The van der Waals surface area contributed by atoms with Crippen LogP contribution in [0.4, 0.5) is 19.0 Å². The molecule has 4 rings (SSSR count). The maximum Gasteiger partial charge on any atom is 0.417 e. The Bertz CT molecular complexity index is 1070. The first kappa shape index (κ1) is 20.3. The normalized spacial score (nSPS) is 13.8. The molecular weight excluding hydrogens is 415 g/mol. The lowest BCUT2D eigenvalue weighted by atomic mass is 10.0. The fraction of sp³-hybridized carbons (Fsp3) is 0.300. The summed E-state index contributed by atoms with van der Waals surface area (Å²) in [5, 5.41) is 2.82. The van der Waals surface area contributed by atoms with Gasteiger partial charge in [0.2, 0.25) is 0 Å².